The maximum atomic E-state index is 13.0. The van der Waals surface area contributed by atoms with Gasteiger partial charge >= 0.3 is 0 Å². The number of imidazole rings is 1. The highest BCUT2D eigenvalue weighted by Gasteiger charge is 2.26. The normalized spacial score (nSPS) is 14.5. The molecule has 0 radical (unpaired) electrons. The van der Waals surface area contributed by atoms with Crippen LogP contribution in [0.15, 0.2) is 72.8 Å². The second kappa shape index (κ2) is 9.42. The van der Waals surface area contributed by atoms with Crippen molar-refractivity contribution in [3.63, 3.8) is 0 Å². The summed E-state index contributed by atoms with van der Waals surface area (Å²) in [5, 5.41) is 11.1. The summed E-state index contributed by atoms with van der Waals surface area (Å²) in [6, 6.07) is 22.7. The van der Waals surface area contributed by atoms with Gasteiger partial charge in [0.2, 0.25) is 0 Å². The Bertz CT molecular complexity index is 1630. The summed E-state index contributed by atoms with van der Waals surface area (Å²) < 4.78 is 3.50. The minimum Gasteiger partial charge on any atom is -0.336 e. The van der Waals surface area contributed by atoms with Crippen LogP contribution >= 0.6 is 11.3 Å². The number of non-ortho nitro benzene ring substituents is 1. The van der Waals surface area contributed by atoms with Crippen LogP contribution in [-0.2, 0) is 6.54 Å². The van der Waals surface area contributed by atoms with Gasteiger partial charge in [0, 0.05) is 56.0 Å². The number of hydrogen-bond acceptors (Lipinski definition) is 6. The largest absolute Gasteiger partial charge is 0.336 e. The van der Waals surface area contributed by atoms with E-state index in [1.54, 1.807) is 28.4 Å². The minimum atomic E-state index is -0.471. The highest BCUT2D eigenvalue weighted by molar-refractivity contribution is 7.23. The Balaban J connectivity index is 1.27. The van der Waals surface area contributed by atoms with Gasteiger partial charge in [0.15, 0.2) is 4.96 Å². The number of nitro groups is 1. The molecule has 5 aromatic rings. The first-order valence-electron chi connectivity index (χ1n) is 12.2. The third-order valence-corrected chi connectivity index (χ3v) is 7.89. The van der Waals surface area contributed by atoms with Crippen molar-refractivity contribution in [3.05, 3.63) is 99.7 Å². The Morgan fingerprint density at radius 3 is 2.54 bits per heavy atom. The van der Waals surface area contributed by atoms with Crippen molar-refractivity contribution in [2.75, 3.05) is 26.2 Å². The summed E-state index contributed by atoms with van der Waals surface area (Å²) in [5.74, 6) is -0.167. The summed E-state index contributed by atoms with van der Waals surface area (Å²) in [7, 11) is 0. The van der Waals surface area contributed by atoms with Crippen molar-refractivity contribution in [1.29, 1.82) is 0 Å². The average molecular weight is 512 g/mol. The van der Waals surface area contributed by atoms with Crippen LogP contribution in [0.1, 0.15) is 21.6 Å². The first kappa shape index (κ1) is 23.3. The Morgan fingerprint density at radius 1 is 1.00 bits per heavy atom. The van der Waals surface area contributed by atoms with Crippen molar-refractivity contribution >= 4 is 38.1 Å². The Kier molecular flexibility index (Phi) is 5.94. The maximum absolute atomic E-state index is 13.0. The third-order valence-electron chi connectivity index (χ3n) is 6.88. The van der Waals surface area contributed by atoms with Crippen molar-refractivity contribution < 1.29 is 9.72 Å². The predicted octanol–water partition coefficient (Wildman–Crippen LogP) is 5.39. The van der Waals surface area contributed by atoms with Gasteiger partial charge in [-0.1, -0.05) is 53.8 Å². The molecule has 2 aromatic heterocycles. The van der Waals surface area contributed by atoms with E-state index in [2.05, 4.69) is 46.6 Å². The number of fused-ring (bicyclic) bond motifs is 3. The summed E-state index contributed by atoms with van der Waals surface area (Å²) in [6.07, 6.45) is 0. The van der Waals surface area contributed by atoms with Crippen LogP contribution in [0, 0.1) is 17.0 Å². The summed E-state index contributed by atoms with van der Waals surface area (Å²) in [6.45, 7) is 5.37. The maximum Gasteiger partial charge on any atom is 0.270 e. The lowest BCUT2D eigenvalue weighted by Crippen LogP contribution is -2.48. The van der Waals surface area contributed by atoms with E-state index in [9.17, 15) is 14.9 Å². The molecular formula is C28H25N5O3S. The molecule has 0 spiro atoms. The molecule has 0 N–H and O–H groups in total. The molecule has 8 nitrogen and oxygen atoms in total. The van der Waals surface area contributed by atoms with E-state index in [1.807, 2.05) is 18.2 Å². The van der Waals surface area contributed by atoms with Gasteiger partial charge in [-0.2, -0.15) is 0 Å². The zero-order valence-electron chi connectivity index (χ0n) is 20.3. The topological polar surface area (TPSA) is 84.0 Å². The number of thiazole rings is 1. The SMILES string of the molecule is Cc1ccc2c(c1)sc1nc(-c3ccccc3)c(CN3CCN(C(=O)c4cccc([N+](=O)[O-])c4)CC3)n12. The Morgan fingerprint density at radius 2 is 1.78 bits per heavy atom. The fourth-order valence-electron chi connectivity index (χ4n) is 4.96. The number of aryl methyl sites for hydroxylation is 1. The molecule has 0 unspecified atom stereocenters. The fourth-order valence-corrected chi connectivity index (χ4v) is 6.11. The lowest BCUT2D eigenvalue weighted by Gasteiger charge is -2.34. The van der Waals surface area contributed by atoms with Crippen molar-refractivity contribution in [1.82, 2.24) is 19.2 Å². The number of nitrogens with zero attached hydrogens (tertiary/aromatic N) is 5. The molecule has 0 aliphatic carbocycles. The molecule has 1 amide bonds. The minimum absolute atomic E-state index is 0.0686. The molecule has 3 aromatic carbocycles. The van der Waals surface area contributed by atoms with Gasteiger partial charge in [-0.05, 0) is 30.7 Å². The van der Waals surface area contributed by atoms with Gasteiger partial charge in [0.05, 0.1) is 26.5 Å². The van der Waals surface area contributed by atoms with Crippen molar-refractivity contribution in [3.8, 4) is 11.3 Å². The van der Waals surface area contributed by atoms with E-state index in [-0.39, 0.29) is 11.6 Å². The predicted molar refractivity (Wildman–Crippen MR) is 145 cm³/mol. The molecule has 1 fully saturated rings. The molecule has 1 saturated heterocycles. The number of benzene rings is 3. The van der Waals surface area contributed by atoms with E-state index in [0.717, 1.165) is 27.4 Å². The number of piperazine rings is 1. The Labute approximate surface area is 217 Å². The quantitative estimate of drug-likeness (QED) is 0.233. The molecule has 1 aliphatic heterocycles. The second-order valence-corrected chi connectivity index (χ2v) is 10.3. The number of amides is 1. The van der Waals surface area contributed by atoms with E-state index >= 15 is 0 Å². The van der Waals surface area contributed by atoms with Gasteiger partial charge in [-0.3, -0.25) is 24.2 Å². The number of hydrogen-bond donors (Lipinski definition) is 0. The van der Waals surface area contributed by atoms with Crippen LogP contribution in [0.25, 0.3) is 26.4 Å². The van der Waals surface area contributed by atoms with Gasteiger partial charge in [-0.25, -0.2) is 4.98 Å². The zero-order chi connectivity index (χ0) is 25.5. The molecule has 1 aliphatic rings. The molecular weight excluding hydrogens is 486 g/mol. The first-order chi connectivity index (χ1) is 18.0. The van der Waals surface area contributed by atoms with E-state index < -0.39 is 4.92 Å². The number of carbonyl (C=O) groups is 1. The highest BCUT2D eigenvalue weighted by Crippen LogP contribution is 2.34. The van der Waals surface area contributed by atoms with Crippen molar-refractivity contribution in [2.24, 2.45) is 0 Å². The van der Waals surface area contributed by atoms with Crippen LogP contribution in [0.3, 0.4) is 0 Å². The molecule has 3 heterocycles. The van der Waals surface area contributed by atoms with E-state index in [1.165, 1.54) is 22.4 Å². The molecule has 37 heavy (non-hydrogen) atoms. The van der Waals surface area contributed by atoms with Gasteiger partial charge < -0.3 is 4.90 Å². The molecule has 9 heteroatoms. The number of carbonyl (C=O) groups excluding carboxylic acids is 1. The molecule has 0 saturated carbocycles. The van der Waals surface area contributed by atoms with Crippen LogP contribution in [0.5, 0.6) is 0 Å². The number of rotatable bonds is 5. The van der Waals surface area contributed by atoms with Crippen LogP contribution in [-0.4, -0.2) is 56.2 Å². The Hall–Kier alpha value is -4.08. The lowest BCUT2D eigenvalue weighted by atomic mass is 10.1. The van der Waals surface area contributed by atoms with Crippen molar-refractivity contribution in [2.45, 2.75) is 13.5 Å². The van der Waals surface area contributed by atoms with E-state index in [4.69, 9.17) is 4.98 Å². The summed E-state index contributed by atoms with van der Waals surface area (Å²) >= 11 is 1.71. The lowest BCUT2D eigenvalue weighted by molar-refractivity contribution is -0.384. The smallest absolute Gasteiger partial charge is 0.270 e. The monoisotopic (exact) mass is 511 g/mol. The third kappa shape index (κ3) is 4.36. The van der Waals surface area contributed by atoms with Crippen LogP contribution in [0.2, 0.25) is 0 Å². The zero-order valence-corrected chi connectivity index (χ0v) is 21.1. The molecule has 0 atom stereocenters. The fraction of sp³-hybridized carbons (Fsp3) is 0.214. The molecule has 0 bridgehead atoms. The van der Waals surface area contributed by atoms with Crippen LogP contribution < -0.4 is 0 Å². The first-order valence-corrected chi connectivity index (χ1v) is 13.0. The van der Waals surface area contributed by atoms with Gasteiger partial charge in [0.1, 0.15) is 0 Å². The summed E-state index contributed by atoms with van der Waals surface area (Å²) in [4.78, 5) is 33.8. The van der Waals surface area contributed by atoms with Gasteiger partial charge in [-0.15, -0.1) is 0 Å². The number of aromatic nitrogens is 2. The standard InChI is InChI=1S/C28H25N5O3S/c1-19-10-11-23-25(16-19)37-28-29-26(20-6-3-2-4-7-20)24(32(23)28)18-30-12-14-31(15-13-30)27(34)21-8-5-9-22(17-21)33(35)36/h2-11,16-17H,12-15,18H2,1H3. The highest BCUT2D eigenvalue weighted by atomic mass is 32.1. The van der Waals surface area contributed by atoms with Gasteiger partial charge in [0.25, 0.3) is 11.6 Å². The second-order valence-electron chi connectivity index (χ2n) is 9.34. The van der Waals surface area contributed by atoms with E-state index in [0.29, 0.717) is 38.3 Å². The number of nitro benzene ring substituents is 1. The average Bonchev–Trinajstić information content (AvgIpc) is 3.45. The molecule has 6 rings (SSSR count). The summed E-state index contributed by atoms with van der Waals surface area (Å²) in [5.41, 5.74) is 5.90. The van der Waals surface area contributed by atoms with Crippen LogP contribution in [0.4, 0.5) is 5.69 Å². The molecule has 186 valence electrons.